The van der Waals surface area contributed by atoms with Crippen molar-refractivity contribution in [1.82, 2.24) is 20.3 Å². The van der Waals surface area contributed by atoms with E-state index in [0.717, 1.165) is 4.88 Å². The Morgan fingerprint density at radius 1 is 1.08 bits per heavy atom. The Morgan fingerprint density at radius 2 is 1.96 bits per heavy atom. The van der Waals surface area contributed by atoms with E-state index in [-0.39, 0.29) is 5.82 Å². The van der Waals surface area contributed by atoms with Gasteiger partial charge in [0.25, 0.3) is 17.0 Å². The second-order valence-electron chi connectivity index (χ2n) is 4.66. The monoisotopic (exact) mass is 360 g/mol. The fourth-order valence-electron chi connectivity index (χ4n) is 1.92. The van der Waals surface area contributed by atoms with Gasteiger partial charge in [0.2, 0.25) is 0 Å². The molecule has 3 heterocycles. The molecule has 0 aliphatic carbocycles. The minimum Gasteiger partial charge on any atom is -0.410 e. The third-order valence-corrected chi connectivity index (χ3v) is 4.69. The van der Waals surface area contributed by atoms with Gasteiger partial charge in [0.1, 0.15) is 5.82 Å². The number of benzene rings is 1. The molecule has 0 fully saturated rings. The van der Waals surface area contributed by atoms with Crippen molar-refractivity contribution >= 4 is 23.1 Å². The minimum absolute atomic E-state index is 0.313. The van der Waals surface area contributed by atoms with Crippen molar-refractivity contribution in [3.05, 3.63) is 53.4 Å². The SMILES string of the molecule is Fc1ccc(-c2nc(CSc3nnc(-c4cccs4)o3)no2)cc1. The van der Waals surface area contributed by atoms with Crippen LogP contribution in [0.2, 0.25) is 0 Å². The summed E-state index contributed by atoms with van der Waals surface area (Å²) in [5.41, 5.74) is 0.665. The molecule has 0 aliphatic rings. The fourth-order valence-corrected chi connectivity index (χ4v) is 3.17. The number of halogens is 1. The summed E-state index contributed by atoms with van der Waals surface area (Å²) in [6.45, 7) is 0. The quantitative estimate of drug-likeness (QED) is 0.492. The van der Waals surface area contributed by atoms with Gasteiger partial charge in [0, 0.05) is 5.56 Å². The summed E-state index contributed by atoms with van der Waals surface area (Å²) in [4.78, 5) is 5.20. The van der Waals surface area contributed by atoms with E-state index in [9.17, 15) is 4.39 Å². The topological polar surface area (TPSA) is 77.8 Å². The first-order valence-corrected chi connectivity index (χ1v) is 8.73. The molecule has 0 saturated heterocycles. The van der Waals surface area contributed by atoms with Crippen LogP contribution in [0.3, 0.4) is 0 Å². The van der Waals surface area contributed by atoms with E-state index in [1.165, 1.54) is 35.2 Å². The average molecular weight is 360 g/mol. The zero-order valence-electron chi connectivity index (χ0n) is 12.0. The van der Waals surface area contributed by atoms with Crippen LogP contribution < -0.4 is 0 Å². The van der Waals surface area contributed by atoms with Gasteiger partial charge < -0.3 is 8.94 Å². The molecule has 24 heavy (non-hydrogen) atoms. The molecule has 0 bridgehead atoms. The lowest BCUT2D eigenvalue weighted by atomic mass is 10.2. The Labute approximate surface area is 143 Å². The van der Waals surface area contributed by atoms with E-state index < -0.39 is 0 Å². The molecule has 1 aromatic carbocycles. The van der Waals surface area contributed by atoms with Crippen LogP contribution in [0.5, 0.6) is 0 Å². The summed E-state index contributed by atoms with van der Waals surface area (Å²) in [5, 5.41) is 14.3. The van der Waals surface area contributed by atoms with Crippen molar-refractivity contribution in [3.8, 4) is 22.2 Å². The molecule has 0 amide bonds. The normalized spacial score (nSPS) is 11.0. The van der Waals surface area contributed by atoms with E-state index in [2.05, 4.69) is 20.3 Å². The molecule has 6 nitrogen and oxygen atoms in total. The smallest absolute Gasteiger partial charge is 0.277 e. The second-order valence-corrected chi connectivity index (χ2v) is 6.54. The highest BCUT2D eigenvalue weighted by atomic mass is 32.2. The maximum Gasteiger partial charge on any atom is 0.277 e. The fraction of sp³-hybridized carbons (Fsp3) is 0.0667. The molecular weight excluding hydrogens is 351 g/mol. The van der Waals surface area contributed by atoms with Gasteiger partial charge in [-0.25, -0.2) is 4.39 Å². The third-order valence-electron chi connectivity index (χ3n) is 3.02. The first kappa shape index (κ1) is 15.0. The third kappa shape index (κ3) is 3.22. The first-order chi connectivity index (χ1) is 11.8. The molecule has 0 spiro atoms. The molecule has 4 aromatic rings. The number of aromatic nitrogens is 4. The van der Waals surface area contributed by atoms with Crippen LogP contribution in [-0.2, 0) is 5.75 Å². The maximum atomic E-state index is 12.9. The van der Waals surface area contributed by atoms with Gasteiger partial charge >= 0.3 is 0 Å². The Bertz CT molecular complexity index is 935. The molecule has 0 atom stereocenters. The lowest BCUT2D eigenvalue weighted by Crippen LogP contribution is -1.84. The highest BCUT2D eigenvalue weighted by Crippen LogP contribution is 2.28. The van der Waals surface area contributed by atoms with Gasteiger partial charge in [-0.1, -0.05) is 23.0 Å². The Kier molecular flexibility index (Phi) is 4.09. The van der Waals surface area contributed by atoms with E-state index in [1.807, 2.05) is 17.5 Å². The zero-order valence-corrected chi connectivity index (χ0v) is 13.7. The van der Waals surface area contributed by atoms with Crippen molar-refractivity contribution in [2.75, 3.05) is 0 Å². The van der Waals surface area contributed by atoms with Gasteiger partial charge in [-0.2, -0.15) is 4.98 Å². The van der Waals surface area contributed by atoms with Crippen molar-refractivity contribution in [2.24, 2.45) is 0 Å². The molecule has 120 valence electrons. The number of thiophene rings is 1. The molecule has 0 aliphatic heterocycles. The highest BCUT2D eigenvalue weighted by molar-refractivity contribution is 7.98. The first-order valence-electron chi connectivity index (χ1n) is 6.86. The van der Waals surface area contributed by atoms with Crippen LogP contribution in [0, 0.1) is 5.82 Å². The van der Waals surface area contributed by atoms with Crippen LogP contribution in [0.25, 0.3) is 22.2 Å². The molecule has 9 heteroatoms. The lowest BCUT2D eigenvalue weighted by Gasteiger charge is -1.92. The maximum absolute atomic E-state index is 12.9. The number of hydrogen-bond acceptors (Lipinski definition) is 8. The Morgan fingerprint density at radius 3 is 2.75 bits per heavy atom. The van der Waals surface area contributed by atoms with E-state index >= 15 is 0 Å². The van der Waals surface area contributed by atoms with E-state index in [4.69, 9.17) is 8.94 Å². The molecular formula is C15H9FN4O2S2. The molecule has 4 rings (SSSR count). The predicted molar refractivity (Wildman–Crippen MR) is 86.9 cm³/mol. The largest absolute Gasteiger partial charge is 0.410 e. The molecule has 0 radical (unpaired) electrons. The number of thioether (sulfide) groups is 1. The van der Waals surface area contributed by atoms with Crippen molar-refractivity contribution < 1.29 is 13.3 Å². The Hall–Kier alpha value is -2.52. The second kappa shape index (κ2) is 6.54. The number of hydrogen-bond donors (Lipinski definition) is 0. The van der Waals surface area contributed by atoms with Gasteiger partial charge in [0.05, 0.1) is 10.6 Å². The summed E-state index contributed by atoms with van der Waals surface area (Å²) in [6.07, 6.45) is 0. The standard InChI is InChI=1S/C15H9FN4O2S2/c16-10-5-3-9(4-6-10)13-17-12(20-22-13)8-24-15-19-18-14(21-15)11-2-1-7-23-11/h1-7H,8H2. The lowest BCUT2D eigenvalue weighted by molar-refractivity contribution is 0.425. The van der Waals surface area contributed by atoms with Crippen LogP contribution in [0.4, 0.5) is 4.39 Å². The summed E-state index contributed by atoms with van der Waals surface area (Å²) >= 11 is 2.86. The van der Waals surface area contributed by atoms with E-state index in [1.54, 1.807) is 12.1 Å². The van der Waals surface area contributed by atoms with Crippen molar-refractivity contribution in [2.45, 2.75) is 11.0 Å². The molecule has 0 unspecified atom stereocenters. The van der Waals surface area contributed by atoms with Crippen LogP contribution in [-0.4, -0.2) is 20.3 Å². The molecule has 3 aromatic heterocycles. The molecule has 0 N–H and O–H groups in total. The summed E-state index contributed by atoms with van der Waals surface area (Å²) in [7, 11) is 0. The van der Waals surface area contributed by atoms with Gasteiger partial charge in [-0.3, -0.25) is 0 Å². The number of rotatable bonds is 5. The molecule has 0 saturated carbocycles. The highest BCUT2D eigenvalue weighted by Gasteiger charge is 2.13. The van der Waals surface area contributed by atoms with Crippen LogP contribution in [0.1, 0.15) is 5.82 Å². The van der Waals surface area contributed by atoms with Crippen molar-refractivity contribution in [3.63, 3.8) is 0 Å². The van der Waals surface area contributed by atoms with Gasteiger partial charge in [-0.15, -0.1) is 21.5 Å². The Balaban J connectivity index is 1.42. The van der Waals surface area contributed by atoms with Gasteiger partial charge in [-0.05, 0) is 35.7 Å². The van der Waals surface area contributed by atoms with Crippen molar-refractivity contribution in [1.29, 1.82) is 0 Å². The number of nitrogens with zero attached hydrogens (tertiary/aromatic N) is 4. The average Bonchev–Trinajstić information content (AvgIpc) is 3.34. The summed E-state index contributed by atoms with van der Waals surface area (Å²) in [5.74, 6) is 1.45. The van der Waals surface area contributed by atoms with Crippen LogP contribution >= 0.6 is 23.1 Å². The van der Waals surface area contributed by atoms with Crippen LogP contribution in [0.15, 0.2) is 55.9 Å². The summed E-state index contributed by atoms with van der Waals surface area (Å²) in [6, 6.07) is 9.71. The van der Waals surface area contributed by atoms with E-state index in [0.29, 0.717) is 34.1 Å². The summed E-state index contributed by atoms with van der Waals surface area (Å²) < 4.78 is 23.7. The predicted octanol–water partition coefficient (Wildman–Crippen LogP) is 4.28. The minimum atomic E-state index is -0.313. The zero-order chi connectivity index (χ0) is 16.4. The van der Waals surface area contributed by atoms with Gasteiger partial charge in [0.15, 0.2) is 5.82 Å².